The highest BCUT2D eigenvalue weighted by Crippen LogP contribution is 2.60. The van der Waals surface area contributed by atoms with Gasteiger partial charge in [0.1, 0.15) is 0 Å². The Balaban J connectivity index is 1.34. The summed E-state index contributed by atoms with van der Waals surface area (Å²) in [4.78, 5) is 27.0. The summed E-state index contributed by atoms with van der Waals surface area (Å²) in [7, 11) is 0. The Bertz CT molecular complexity index is 486. The molecule has 4 aliphatic carbocycles. The van der Waals surface area contributed by atoms with Crippen molar-refractivity contribution in [2.24, 2.45) is 23.2 Å². The van der Waals surface area contributed by atoms with E-state index in [0.717, 1.165) is 19.3 Å². The minimum atomic E-state index is -0.277. The number of hydrogen-bond donors (Lipinski definition) is 0. The van der Waals surface area contributed by atoms with Crippen LogP contribution in [0.4, 0.5) is 0 Å². The van der Waals surface area contributed by atoms with Crippen LogP contribution in [-0.2, 0) is 19.1 Å². The van der Waals surface area contributed by atoms with Crippen LogP contribution in [-0.4, -0.2) is 48.7 Å². The first kappa shape index (κ1) is 16.4. The third-order valence-corrected chi connectivity index (χ3v) is 6.57. The van der Waals surface area contributed by atoms with E-state index in [-0.39, 0.29) is 36.1 Å². The second kappa shape index (κ2) is 6.01. The Labute approximate surface area is 144 Å². The number of hydrogen-bond acceptors (Lipinski definition) is 4. The number of amides is 1. The van der Waals surface area contributed by atoms with Crippen LogP contribution in [0.3, 0.4) is 0 Å². The predicted octanol–water partition coefficient (Wildman–Crippen LogP) is 2.38. The van der Waals surface area contributed by atoms with E-state index >= 15 is 0 Å². The summed E-state index contributed by atoms with van der Waals surface area (Å²) < 4.78 is 11.2. The molecule has 0 spiro atoms. The van der Waals surface area contributed by atoms with Gasteiger partial charge < -0.3 is 14.4 Å². The number of morpholine rings is 1. The van der Waals surface area contributed by atoms with E-state index in [9.17, 15) is 9.59 Å². The zero-order chi connectivity index (χ0) is 16.9. The minimum Gasteiger partial charge on any atom is -0.455 e. The molecule has 5 fully saturated rings. The molecule has 1 heterocycles. The van der Waals surface area contributed by atoms with Crippen molar-refractivity contribution in [3.8, 4) is 0 Å². The highest BCUT2D eigenvalue weighted by atomic mass is 16.5. The molecule has 5 rings (SSSR count). The molecular weight excluding hydrogens is 306 g/mol. The first-order chi connectivity index (χ1) is 11.4. The average molecular weight is 335 g/mol. The maximum Gasteiger partial charge on any atom is 0.312 e. The van der Waals surface area contributed by atoms with Gasteiger partial charge in [-0.3, -0.25) is 9.59 Å². The van der Waals surface area contributed by atoms with E-state index in [4.69, 9.17) is 9.47 Å². The standard InChI is InChI=1S/C19H29NO4/c1-12-9-20(10-13(2)24-12)17(21)11-23-18(22)19-6-14-3-15(7-19)5-16(4-14)8-19/h12-16H,3-11H2,1-2H3/t12-,13-,14?,15?,16?,19?/m1/s1. The molecule has 134 valence electrons. The number of carbonyl (C=O) groups excluding carboxylic acids is 2. The highest BCUT2D eigenvalue weighted by molar-refractivity contribution is 5.83. The van der Waals surface area contributed by atoms with Crippen molar-refractivity contribution in [1.82, 2.24) is 4.90 Å². The fourth-order valence-electron chi connectivity index (χ4n) is 6.11. The maximum atomic E-state index is 12.8. The predicted molar refractivity (Wildman–Crippen MR) is 88.2 cm³/mol. The molecule has 5 heteroatoms. The molecule has 0 aromatic carbocycles. The Morgan fingerprint density at radius 2 is 1.50 bits per heavy atom. The fraction of sp³-hybridized carbons (Fsp3) is 0.895. The topological polar surface area (TPSA) is 55.8 Å². The van der Waals surface area contributed by atoms with E-state index in [1.165, 1.54) is 19.3 Å². The van der Waals surface area contributed by atoms with E-state index in [1.54, 1.807) is 4.90 Å². The van der Waals surface area contributed by atoms with Crippen molar-refractivity contribution in [3.63, 3.8) is 0 Å². The molecule has 0 aromatic heterocycles. The van der Waals surface area contributed by atoms with Crippen LogP contribution in [0.15, 0.2) is 0 Å². The summed E-state index contributed by atoms with van der Waals surface area (Å²) in [6, 6.07) is 0. The van der Waals surface area contributed by atoms with Gasteiger partial charge in [0.15, 0.2) is 6.61 Å². The molecule has 5 aliphatic rings. The molecule has 0 radical (unpaired) electrons. The van der Waals surface area contributed by atoms with Crippen molar-refractivity contribution < 1.29 is 19.1 Å². The second-order valence-corrected chi connectivity index (χ2v) is 8.83. The van der Waals surface area contributed by atoms with Crippen LogP contribution in [0.2, 0.25) is 0 Å². The Hall–Kier alpha value is -1.10. The van der Waals surface area contributed by atoms with E-state index < -0.39 is 0 Å². The van der Waals surface area contributed by atoms with E-state index in [1.807, 2.05) is 13.8 Å². The molecule has 5 nitrogen and oxygen atoms in total. The van der Waals surface area contributed by atoms with Gasteiger partial charge in [0.05, 0.1) is 17.6 Å². The smallest absolute Gasteiger partial charge is 0.312 e. The number of rotatable bonds is 3. The van der Waals surface area contributed by atoms with Gasteiger partial charge >= 0.3 is 5.97 Å². The van der Waals surface area contributed by atoms with Gasteiger partial charge in [-0.25, -0.2) is 0 Å². The lowest BCUT2D eigenvalue weighted by molar-refractivity contribution is -0.176. The SMILES string of the molecule is C[C@@H]1CN(C(=O)COC(=O)C23CC4CC(CC(C4)C2)C3)C[C@@H](C)O1. The van der Waals surface area contributed by atoms with Crippen LogP contribution in [0.1, 0.15) is 52.4 Å². The van der Waals surface area contributed by atoms with Crippen LogP contribution >= 0.6 is 0 Å². The zero-order valence-electron chi connectivity index (χ0n) is 14.8. The summed E-state index contributed by atoms with van der Waals surface area (Å²) in [5.74, 6) is 1.93. The second-order valence-electron chi connectivity index (χ2n) is 8.83. The van der Waals surface area contributed by atoms with Gasteiger partial charge in [-0.2, -0.15) is 0 Å². The number of esters is 1. The van der Waals surface area contributed by atoms with Crippen molar-refractivity contribution in [2.45, 2.75) is 64.6 Å². The largest absolute Gasteiger partial charge is 0.455 e. The molecule has 1 amide bonds. The van der Waals surface area contributed by atoms with Crippen LogP contribution < -0.4 is 0 Å². The lowest BCUT2D eigenvalue weighted by Gasteiger charge is -2.55. The summed E-state index contributed by atoms with van der Waals surface area (Å²) in [6.45, 7) is 4.99. The molecule has 0 N–H and O–H groups in total. The fourth-order valence-corrected chi connectivity index (χ4v) is 6.11. The van der Waals surface area contributed by atoms with Crippen molar-refractivity contribution >= 4 is 11.9 Å². The van der Waals surface area contributed by atoms with Crippen LogP contribution in [0, 0.1) is 23.2 Å². The summed E-state index contributed by atoms with van der Waals surface area (Å²) >= 11 is 0. The van der Waals surface area contributed by atoms with Crippen molar-refractivity contribution in [3.05, 3.63) is 0 Å². The van der Waals surface area contributed by atoms with Gasteiger partial charge in [0.2, 0.25) is 0 Å². The lowest BCUT2D eigenvalue weighted by atomic mass is 9.49. The molecule has 0 unspecified atom stereocenters. The molecule has 0 aromatic rings. The van der Waals surface area contributed by atoms with Crippen molar-refractivity contribution in [1.29, 1.82) is 0 Å². The van der Waals surface area contributed by atoms with Gasteiger partial charge in [0.25, 0.3) is 5.91 Å². The van der Waals surface area contributed by atoms with E-state index in [2.05, 4.69) is 0 Å². The molecular formula is C19H29NO4. The molecule has 4 saturated carbocycles. The summed E-state index contributed by atoms with van der Waals surface area (Å²) in [5.41, 5.74) is -0.277. The monoisotopic (exact) mass is 335 g/mol. The normalized spacial score (nSPS) is 43.8. The van der Waals surface area contributed by atoms with Gasteiger partial charge in [0, 0.05) is 13.1 Å². The summed E-state index contributed by atoms with van der Waals surface area (Å²) in [5, 5.41) is 0. The van der Waals surface area contributed by atoms with Crippen LogP contribution in [0.5, 0.6) is 0 Å². The maximum absolute atomic E-state index is 12.8. The van der Waals surface area contributed by atoms with Gasteiger partial charge in [-0.05, 0) is 70.1 Å². The molecule has 4 bridgehead atoms. The third-order valence-electron chi connectivity index (χ3n) is 6.57. The third kappa shape index (κ3) is 2.96. The Morgan fingerprint density at radius 3 is 2.00 bits per heavy atom. The lowest BCUT2D eigenvalue weighted by Crippen LogP contribution is -2.52. The molecule has 24 heavy (non-hydrogen) atoms. The minimum absolute atomic E-state index is 0.0385. The van der Waals surface area contributed by atoms with Crippen molar-refractivity contribution in [2.75, 3.05) is 19.7 Å². The first-order valence-electron chi connectivity index (χ1n) is 9.54. The number of carbonyl (C=O) groups is 2. The first-order valence-corrected chi connectivity index (χ1v) is 9.54. The van der Waals surface area contributed by atoms with Crippen LogP contribution in [0.25, 0.3) is 0 Å². The molecule has 2 atom stereocenters. The van der Waals surface area contributed by atoms with Gasteiger partial charge in [-0.1, -0.05) is 0 Å². The number of nitrogens with zero attached hydrogens (tertiary/aromatic N) is 1. The Morgan fingerprint density at radius 1 is 1.00 bits per heavy atom. The van der Waals surface area contributed by atoms with E-state index in [0.29, 0.717) is 30.8 Å². The Kier molecular flexibility index (Phi) is 4.10. The summed E-state index contributed by atoms with van der Waals surface area (Å²) in [6.07, 6.45) is 6.93. The van der Waals surface area contributed by atoms with Gasteiger partial charge in [-0.15, -0.1) is 0 Å². The molecule has 1 saturated heterocycles. The highest BCUT2D eigenvalue weighted by Gasteiger charge is 2.55. The quantitative estimate of drug-likeness (QED) is 0.743. The molecule has 1 aliphatic heterocycles. The zero-order valence-corrected chi connectivity index (χ0v) is 14.8. The average Bonchev–Trinajstić information content (AvgIpc) is 2.50. The number of ether oxygens (including phenoxy) is 2.